The second-order valence-electron chi connectivity index (χ2n) is 2.82. The molecular weight excluding hydrogens is 506 g/mol. The van der Waals surface area contributed by atoms with Crippen LogP contribution >= 0.6 is 0 Å². The fourth-order valence-electron chi connectivity index (χ4n) is 0. The topological polar surface area (TPSA) is 229 Å². The SMILES string of the molecule is CS(=O)(=O)[O-].CS(=O)(=O)[O-].CS(=O)(=O)[O-].CS(=O)(=O)[O-].[F].[Sn+4]. The first-order valence-corrected chi connectivity index (χ1v) is 10.9. The van der Waals surface area contributed by atoms with Crippen LogP contribution in [0.2, 0.25) is 0 Å². The Labute approximate surface area is 145 Å². The molecule has 0 saturated carbocycles. The zero-order valence-electron chi connectivity index (χ0n) is 11.4. The molecule has 0 amide bonds. The molecule has 0 aliphatic rings. The summed E-state index contributed by atoms with van der Waals surface area (Å²) in [7, 11) is -15.7. The van der Waals surface area contributed by atoms with Gasteiger partial charge in [0.25, 0.3) is 0 Å². The summed E-state index contributed by atoms with van der Waals surface area (Å²) in [6.07, 6.45) is 2.42. The molecule has 0 aromatic rings. The summed E-state index contributed by atoms with van der Waals surface area (Å²) in [5, 5.41) is 0. The molecule has 12 nitrogen and oxygen atoms in total. The van der Waals surface area contributed by atoms with Gasteiger partial charge in [-0.05, 0) is 0 Å². The van der Waals surface area contributed by atoms with Gasteiger partial charge >= 0.3 is 23.9 Å². The van der Waals surface area contributed by atoms with Crippen molar-refractivity contribution in [1.29, 1.82) is 0 Å². The van der Waals surface area contributed by atoms with E-state index in [9.17, 15) is 0 Å². The van der Waals surface area contributed by atoms with Crippen LogP contribution < -0.4 is 0 Å². The minimum absolute atomic E-state index is 0. The van der Waals surface area contributed by atoms with Crippen molar-refractivity contribution in [3.8, 4) is 0 Å². The molecule has 0 bridgehead atoms. The largest absolute Gasteiger partial charge is 4.00 e. The van der Waals surface area contributed by atoms with Crippen molar-refractivity contribution in [3.05, 3.63) is 0 Å². The van der Waals surface area contributed by atoms with Gasteiger partial charge in [-0.1, -0.05) is 0 Å². The van der Waals surface area contributed by atoms with Crippen LogP contribution in [-0.2, 0) is 40.5 Å². The van der Waals surface area contributed by atoms with Gasteiger partial charge in [0.05, 0.1) is 40.5 Å². The smallest absolute Gasteiger partial charge is 0.748 e. The number of halogens is 1. The predicted octanol–water partition coefficient (Wildman–Crippen LogP) is -3.31. The normalized spacial score (nSPS) is 10.5. The van der Waals surface area contributed by atoms with E-state index in [1.165, 1.54) is 0 Å². The third-order valence-electron chi connectivity index (χ3n) is 0. The Balaban J connectivity index is -0.0000000376. The van der Waals surface area contributed by atoms with E-state index in [2.05, 4.69) is 0 Å². The van der Waals surface area contributed by atoms with Crippen molar-refractivity contribution < 1.29 is 56.6 Å². The van der Waals surface area contributed by atoms with E-state index in [1.807, 2.05) is 0 Å². The second kappa shape index (κ2) is 14.9. The maximum Gasteiger partial charge on any atom is 4.00 e. The monoisotopic (exact) mass is 519 g/mol. The Morgan fingerprint density at radius 1 is 0.455 bits per heavy atom. The Morgan fingerprint density at radius 2 is 0.455 bits per heavy atom. The molecule has 0 unspecified atom stereocenters. The predicted molar refractivity (Wildman–Crippen MR) is 69.3 cm³/mol. The molecule has 22 heavy (non-hydrogen) atoms. The molecule has 0 atom stereocenters. The zero-order valence-corrected chi connectivity index (χ0v) is 17.5. The quantitative estimate of drug-likeness (QED) is 0.227. The van der Waals surface area contributed by atoms with Gasteiger partial charge in [0.2, 0.25) is 0 Å². The van der Waals surface area contributed by atoms with E-state index >= 15 is 0 Å². The van der Waals surface area contributed by atoms with E-state index in [0.717, 1.165) is 0 Å². The van der Waals surface area contributed by atoms with Gasteiger partial charge in [-0.3, -0.25) is 0 Å². The average molecular weight is 518 g/mol. The molecular formula is C4H12FO12S4Sn. The Morgan fingerprint density at radius 3 is 0.455 bits per heavy atom. The number of hydrogen-bond donors (Lipinski definition) is 0. The van der Waals surface area contributed by atoms with Gasteiger partial charge in [-0.15, -0.1) is 0 Å². The molecule has 1 radical (unpaired) electrons. The molecule has 135 valence electrons. The molecule has 0 saturated heterocycles. The summed E-state index contributed by atoms with van der Waals surface area (Å²) in [6.45, 7) is 0. The second-order valence-corrected chi connectivity index (χ2v) is 8.45. The minimum atomic E-state index is -3.92. The summed E-state index contributed by atoms with van der Waals surface area (Å²) in [6, 6.07) is 0. The van der Waals surface area contributed by atoms with E-state index in [4.69, 9.17) is 51.9 Å². The molecule has 0 aromatic heterocycles. The van der Waals surface area contributed by atoms with Crippen LogP contribution in [0.3, 0.4) is 0 Å². The van der Waals surface area contributed by atoms with Gasteiger partial charge in [0.15, 0.2) is 0 Å². The Hall–Kier alpha value is 0.369. The van der Waals surface area contributed by atoms with Gasteiger partial charge in [-0.2, -0.15) is 0 Å². The molecule has 0 aliphatic heterocycles. The summed E-state index contributed by atoms with van der Waals surface area (Å²) in [5.41, 5.74) is 0. The van der Waals surface area contributed by atoms with Gasteiger partial charge in [0, 0.05) is 29.7 Å². The van der Waals surface area contributed by atoms with Crippen molar-refractivity contribution in [3.63, 3.8) is 0 Å². The first-order chi connectivity index (χ1) is 8.00. The molecule has 0 aromatic carbocycles. The van der Waals surface area contributed by atoms with Crippen LogP contribution in [0.4, 0.5) is 4.70 Å². The number of rotatable bonds is 0. The summed E-state index contributed by atoms with van der Waals surface area (Å²) in [5.74, 6) is 0. The van der Waals surface area contributed by atoms with Gasteiger partial charge in [0.1, 0.15) is 0 Å². The Bertz CT molecular complexity index is 492. The third-order valence-corrected chi connectivity index (χ3v) is 0. The standard InChI is InChI=1S/4CH4O3S.F.Sn/c4*1-5(2,3)4;;/h4*1H3,(H,2,3,4);;/q;;;;;+4/p-4. The van der Waals surface area contributed by atoms with E-state index < -0.39 is 40.5 Å². The van der Waals surface area contributed by atoms with Crippen LogP contribution in [0, 0.1) is 0 Å². The Kier molecular flexibility index (Phi) is 25.9. The van der Waals surface area contributed by atoms with E-state index in [-0.39, 0.29) is 28.6 Å². The maximum absolute atomic E-state index is 9.08. The molecule has 0 fully saturated rings. The molecule has 18 heteroatoms. The van der Waals surface area contributed by atoms with Crippen molar-refractivity contribution in [2.45, 2.75) is 0 Å². The van der Waals surface area contributed by atoms with Crippen LogP contribution in [0.25, 0.3) is 0 Å². The maximum atomic E-state index is 9.08. The molecule has 0 spiro atoms. The van der Waals surface area contributed by atoms with Crippen molar-refractivity contribution in [2.75, 3.05) is 25.0 Å². The van der Waals surface area contributed by atoms with E-state index in [1.54, 1.807) is 0 Å². The molecule has 0 heterocycles. The fraction of sp³-hybridized carbons (Fsp3) is 1.00. The van der Waals surface area contributed by atoms with Crippen LogP contribution in [0.5, 0.6) is 0 Å². The molecule has 0 aliphatic carbocycles. The van der Waals surface area contributed by atoms with Crippen molar-refractivity contribution >= 4 is 64.4 Å². The first-order valence-electron chi connectivity index (χ1n) is 3.63. The average Bonchev–Trinajstić information content (AvgIpc) is 1.62. The summed E-state index contributed by atoms with van der Waals surface area (Å²) >= 11 is 0. The van der Waals surface area contributed by atoms with Crippen LogP contribution in [-0.4, -0.2) is 101 Å². The minimum Gasteiger partial charge on any atom is -0.748 e. The zero-order chi connectivity index (χ0) is 18.0. The first kappa shape index (κ1) is 38.1. The van der Waals surface area contributed by atoms with E-state index in [0.29, 0.717) is 25.0 Å². The number of hydrogen-bond acceptors (Lipinski definition) is 12. The van der Waals surface area contributed by atoms with Crippen molar-refractivity contribution in [2.24, 2.45) is 0 Å². The van der Waals surface area contributed by atoms with Crippen molar-refractivity contribution in [1.82, 2.24) is 0 Å². The molecule has 0 N–H and O–H groups in total. The van der Waals surface area contributed by atoms with Gasteiger partial charge in [-0.25, -0.2) is 33.7 Å². The van der Waals surface area contributed by atoms with Crippen LogP contribution in [0.15, 0.2) is 0 Å². The summed E-state index contributed by atoms with van der Waals surface area (Å²) < 4.78 is 109. The molecule has 0 rings (SSSR count). The summed E-state index contributed by atoms with van der Waals surface area (Å²) in [4.78, 5) is 0. The fourth-order valence-corrected chi connectivity index (χ4v) is 0. The third kappa shape index (κ3) is 56200. The van der Waals surface area contributed by atoms with Gasteiger partial charge < -0.3 is 18.2 Å². The van der Waals surface area contributed by atoms with Crippen LogP contribution in [0.1, 0.15) is 0 Å².